The van der Waals surface area contributed by atoms with Crippen LogP contribution in [0.25, 0.3) is 0 Å². The van der Waals surface area contributed by atoms with Gasteiger partial charge in [0, 0.05) is 23.5 Å². The van der Waals surface area contributed by atoms with Gasteiger partial charge in [0.05, 0.1) is 0 Å². The van der Waals surface area contributed by atoms with Crippen molar-refractivity contribution < 1.29 is 0 Å². The summed E-state index contributed by atoms with van der Waals surface area (Å²) in [4.78, 5) is 4.25. The lowest BCUT2D eigenvalue weighted by atomic mass is 10.1. The number of halogens is 1. The summed E-state index contributed by atoms with van der Waals surface area (Å²) in [5.41, 5.74) is 0. The van der Waals surface area contributed by atoms with Crippen molar-refractivity contribution >= 4 is 28.3 Å². The Labute approximate surface area is 93.1 Å². The van der Waals surface area contributed by atoms with Crippen LogP contribution in [0.15, 0.2) is 0 Å². The molecule has 1 aromatic heterocycles. The van der Waals surface area contributed by atoms with Gasteiger partial charge in [-0.1, -0.05) is 6.42 Å². The van der Waals surface area contributed by atoms with Crippen molar-refractivity contribution in [1.29, 1.82) is 0 Å². The van der Waals surface area contributed by atoms with Gasteiger partial charge in [-0.15, -0.1) is 11.6 Å². The predicted molar refractivity (Wildman–Crippen MR) is 60.1 cm³/mol. The molecule has 1 aliphatic carbocycles. The number of hydrogen-bond acceptors (Lipinski definition) is 4. The molecule has 1 saturated carbocycles. The van der Waals surface area contributed by atoms with Crippen LogP contribution in [0.1, 0.15) is 25.1 Å². The largest absolute Gasteiger partial charge is 0.360 e. The third-order valence-electron chi connectivity index (χ3n) is 2.61. The van der Waals surface area contributed by atoms with E-state index < -0.39 is 0 Å². The predicted octanol–water partition coefficient (Wildman–Crippen LogP) is 2.67. The number of nitrogens with one attached hydrogen (secondary N) is 1. The Hall–Kier alpha value is -0.350. The van der Waals surface area contributed by atoms with E-state index in [2.05, 4.69) is 14.7 Å². The van der Waals surface area contributed by atoms with Gasteiger partial charge < -0.3 is 5.32 Å². The summed E-state index contributed by atoms with van der Waals surface area (Å²) in [5, 5.41) is 4.56. The molecular weight excluding hydrogens is 218 g/mol. The molecule has 1 aromatic rings. The lowest BCUT2D eigenvalue weighted by Crippen LogP contribution is -2.18. The zero-order valence-electron chi connectivity index (χ0n) is 8.16. The van der Waals surface area contributed by atoms with E-state index >= 15 is 0 Å². The normalized spacial score (nSPS) is 26.7. The van der Waals surface area contributed by atoms with E-state index in [-0.39, 0.29) is 0 Å². The second-order valence-electron chi connectivity index (χ2n) is 3.73. The molecule has 0 aromatic carbocycles. The Morgan fingerprint density at radius 3 is 3.00 bits per heavy atom. The van der Waals surface area contributed by atoms with Gasteiger partial charge in [-0.05, 0) is 25.7 Å². The molecule has 1 fully saturated rings. The monoisotopic (exact) mass is 231 g/mol. The summed E-state index contributed by atoms with van der Waals surface area (Å²) in [6.45, 7) is 2.84. The fourth-order valence-corrected chi connectivity index (χ4v) is 2.76. The van der Waals surface area contributed by atoms with Crippen molar-refractivity contribution in [3.63, 3.8) is 0 Å². The zero-order valence-corrected chi connectivity index (χ0v) is 9.74. The van der Waals surface area contributed by atoms with Crippen LogP contribution in [0, 0.1) is 12.8 Å². The van der Waals surface area contributed by atoms with Crippen molar-refractivity contribution in [3.8, 4) is 0 Å². The Morgan fingerprint density at radius 1 is 1.57 bits per heavy atom. The minimum absolute atomic E-state index is 0.344. The van der Waals surface area contributed by atoms with E-state index in [0.29, 0.717) is 11.3 Å². The highest BCUT2D eigenvalue weighted by atomic mass is 35.5. The fourth-order valence-electron chi connectivity index (χ4n) is 1.81. The number of nitrogens with zero attached hydrogens (tertiary/aromatic N) is 2. The van der Waals surface area contributed by atoms with Gasteiger partial charge in [-0.25, -0.2) is 4.98 Å². The maximum atomic E-state index is 6.18. The van der Waals surface area contributed by atoms with E-state index in [0.717, 1.165) is 23.9 Å². The number of rotatable bonds is 3. The third kappa shape index (κ3) is 2.36. The van der Waals surface area contributed by atoms with Crippen LogP contribution in [-0.4, -0.2) is 21.3 Å². The average molecular weight is 232 g/mol. The molecule has 1 N–H and O–H groups in total. The molecule has 2 rings (SSSR count). The van der Waals surface area contributed by atoms with Crippen molar-refractivity contribution in [2.75, 3.05) is 11.9 Å². The minimum atomic E-state index is 0.344. The first-order chi connectivity index (χ1) is 6.75. The van der Waals surface area contributed by atoms with Crippen molar-refractivity contribution in [3.05, 3.63) is 5.82 Å². The van der Waals surface area contributed by atoms with E-state index in [1.807, 2.05) is 6.92 Å². The molecule has 0 spiro atoms. The van der Waals surface area contributed by atoms with Gasteiger partial charge in [-0.2, -0.15) is 4.37 Å². The maximum Gasteiger partial charge on any atom is 0.202 e. The van der Waals surface area contributed by atoms with Crippen LogP contribution in [0.2, 0.25) is 0 Å². The number of aryl methyl sites for hydroxylation is 1. The van der Waals surface area contributed by atoms with Crippen molar-refractivity contribution in [2.45, 2.75) is 31.6 Å². The summed E-state index contributed by atoms with van der Waals surface area (Å²) in [6.07, 6.45) is 3.65. The van der Waals surface area contributed by atoms with Crippen LogP contribution in [0.5, 0.6) is 0 Å². The highest BCUT2D eigenvalue weighted by Gasteiger charge is 2.24. The molecule has 14 heavy (non-hydrogen) atoms. The molecule has 0 radical (unpaired) electrons. The zero-order chi connectivity index (χ0) is 9.97. The first-order valence-electron chi connectivity index (χ1n) is 4.94. The molecule has 78 valence electrons. The fraction of sp³-hybridized carbons (Fsp3) is 0.778. The first-order valence-corrected chi connectivity index (χ1v) is 6.15. The van der Waals surface area contributed by atoms with Crippen LogP contribution in [0.4, 0.5) is 5.13 Å². The Balaban J connectivity index is 1.82. The second kappa shape index (κ2) is 4.45. The van der Waals surface area contributed by atoms with Crippen molar-refractivity contribution in [2.24, 2.45) is 5.92 Å². The number of anilines is 1. The summed E-state index contributed by atoms with van der Waals surface area (Å²) in [5.74, 6) is 1.44. The summed E-state index contributed by atoms with van der Waals surface area (Å²) >= 11 is 7.60. The molecule has 2 atom stereocenters. The van der Waals surface area contributed by atoms with E-state index in [4.69, 9.17) is 11.6 Å². The highest BCUT2D eigenvalue weighted by molar-refractivity contribution is 7.09. The second-order valence-corrected chi connectivity index (χ2v) is 5.05. The van der Waals surface area contributed by atoms with Crippen molar-refractivity contribution in [1.82, 2.24) is 9.36 Å². The lowest BCUT2D eigenvalue weighted by Gasteiger charge is -2.13. The Kier molecular flexibility index (Phi) is 3.23. The standard InChI is InChI=1S/C9H14ClN3S/c1-6-12-9(14-13-6)11-5-7-3-2-4-8(7)10/h7-8H,2-5H2,1H3,(H,11,12,13). The Morgan fingerprint density at radius 2 is 2.43 bits per heavy atom. The summed E-state index contributed by atoms with van der Waals surface area (Å²) < 4.78 is 4.12. The number of alkyl halides is 1. The maximum absolute atomic E-state index is 6.18. The SMILES string of the molecule is Cc1nsc(NCC2CCCC2Cl)n1. The topological polar surface area (TPSA) is 37.8 Å². The first kappa shape index (κ1) is 10.2. The van der Waals surface area contributed by atoms with Gasteiger partial charge in [0.1, 0.15) is 5.82 Å². The van der Waals surface area contributed by atoms with Gasteiger partial charge in [0.15, 0.2) is 0 Å². The molecule has 0 amide bonds. The van der Waals surface area contributed by atoms with Crippen LogP contribution >= 0.6 is 23.1 Å². The minimum Gasteiger partial charge on any atom is -0.360 e. The average Bonchev–Trinajstić information content (AvgIpc) is 2.72. The molecule has 5 heteroatoms. The van der Waals surface area contributed by atoms with Gasteiger partial charge >= 0.3 is 0 Å². The van der Waals surface area contributed by atoms with E-state index in [1.165, 1.54) is 24.4 Å². The van der Waals surface area contributed by atoms with Crippen LogP contribution in [-0.2, 0) is 0 Å². The van der Waals surface area contributed by atoms with Gasteiger partial charge in [0.25, 0.3) is 0 Å². The molecule has 1 heterocycles. The Bertz CT molecular complexity index is 302. The highest BCUT2D eigenvalue weighted by Crippen LogP contribution is 2.30. The lowest BCUT2D eigenvalue weighted by molar-refractivity contribution is 0.586. The van der Waals surface area contributed by atoms with Crippen LogP contribution in [0.3, 0.4) is 0 Å². The van der Waals surface area contributed by atoms with E-state index in [1.54, 1.807) is 0 Å². The molecular formula is C9H14ClN3S. The molecule has 2 unspecified atom stereocenters. The summed E-state index contributed by atoms with van der Waals surface area (Å²) in [6, 6.07) is 0. The smallest absolute Gasteiger partial charge is 0.202 e. The quantitative estimate of drug-likeness (QED) is 0.813. The summed E-state index contributed by atoms with van der Waals surface area (Å²) in [7, 11) is 0. The molecule has 1 aliphatic rings. The molecule has 0 bridgehead atoms. The van der Waals surface area contributed by atoms with Gasteiger partial charge in [0.2, 0.25) is 5.13 Å². The molecule has 3 nitrogen and oxygen atoms in total. The van der Waals surface area contributed by atoms with E-state index in [9.17, 15) is 0 Å². The number of hydrogen-bond donors (Lipinski definition) is 1. The number of aromatic nitrogens is 2. The van der Waals surface area contributed by atoms with Gasteiger partial charge in [-0.3, -0.25) is 0 Å². The van der Waals surface area contributed by atoms with Crippen LogP contribution < -0.4 is 5.32 Å². The molecule has 0 aliphatic heterocycles. The molecule has 0 saturated heterocycles. The third-order valence-corrected chi connectivity index (χ3v) is 3.95.